The van der Waals surface area contributed by atoms with Crippen LogP contribution in [0.25, 0.3) is 10.9 Å². The average Bonchev–Trinajstić information content (AvgIpc) is 2.26. The van der Waals surface area contributed by atoms with Crippen LogP contribution in [-0.2, 0) is 0 Å². The molecule has 6 heteroatoms. The quantitative estimate of drug-likeness (QED) is 0.627. The molecule has 90 valence electrons. The molecule has 0 radical (unpaired) electrons. The number of fused-ring (bicyclic) bond motifs is 1. The number of nitrogens with one attached hydrogen (secondary N) is 1. The molecule has 0 saturated carbocycles. The lowest BCUT2D eigenvalue weighted by molar-refractivity contribution is 0.146. The third-order valence-electron chi connectivity index (χ3n) is 2.47. The first-order valence-corrected chi connectivity index (χ1v) is 4.88. The van der Waals surface area contributed by atoms with Gasteiger partial charge in [-0.15, -0.1) is 0 Å². The standard InChI is InChI=1S/C11H10F3N3/c1-5-2-6(12)3-7-10(5)8(17-15)4-9(16-7)11(13)14/h2-4,11H,15H2,1H3,(H,16,17). The predicted molar refractivity (Wildman–Crippen MR) is 59.2 cm³/mol. The zero-order valence-electron chi connectivity index (χ0n) is 8.97. The number of hydrogen-bond donors (Lipinski definition) is 2. The fourth-order valence-electron chi connectivity index (χ4n) is 1.78. The molecule has 0 fully saturated rings. The highest BCUT2D eigenvalue weighted by Crippen LogP contribution is 2.30. The molecule has 0 atom stereocenters. The van der Waals surface area contributed by atoms with Gasteiger partial charge in [0.05, 0.1) is 11.2 Å². The van der Waals surface area contributed by atoms with Crippen LogP contribution < -0.4 is 11.3 Å². The Labute approximate surface area is 95.4 Å². The highest BCUT2D eigenvalue weighted by atomic mass is 19.3. The number of aryl methyl sites for hydroxylation is 1. The second-order valence-electron chi connectivity index (χ2n) is 3.66. The van der Waals surface area contributed by atoms with Gasteiger partial charge in [-0.25, -0.2) is 18.2 Å². The van der Waals surface area contributed by atoms with E-state index in [0.29, 0.717) is 16.6 Å². The van der Waals surface area contributed by atoms with Crippen molar-refractivity contribution in [1.29, 1.82) is 0 Å². The number of nitrogen functional groups attached to an aromatic ring is 1. The molecule has 17 heavy (non-hydrogen) atoms. The minimum Gasteiger partial charge on any atom is -0.323 e. The number of alkyl halides is 2. The number of aromatic nitrogens is 1. The van der Waals surface area contributed by atoms with E-state index in [1.807, 2.05) is 0 Å². The fraction of sp³-hybridized carbons (Fsp3) is 0.182. The molecule has 0 saturated heterocycles. The average molecular weight is 241 g/mol. The van der Waals surface area contributed by atoms with Gasteiger partial charge in [0, 0.05) is 11.5 Å². The van der Waals surface area contributed by atoms with Crippen molar-refractivity contribution >= 4 is 16.6 Å². The van der Waals surface area contributed by atoms with Crippen molar-refractivity contribution in [2.75, 3.05) is 5.43 Å². The van der Waals surface area contributed by atoms with E-state index in [2.05, 4.69) is 10.4 Å². The van der Waals surface area contributed by atoms with E-state index in [4.69, 9.17) is 5.84 Å². The maximum atomic E-state index is 13.2. The Morgan fingerprint density at radius 2 is 2.00 bits per heavy atom. The van der Waals surface area contributed by atoms with Gasteiger partial charge in [0.25, 0.3) is 6.43 Å². The van der Waals surface area contributed by atoms with Crippen LogP contribution >= 0.6 is 0 Å². The van der Waals surface area contributed by atoms with Crippen LogP contribution in [-0.4, -0.2) is 4.98 Å². The Hall–Kier alpha value is -1.82. The second-order valence-corrected chi connectivity index (χ2v) is 3.66. The van der Waals surface area contributed by atoms with Crippen LogP contribution in [0.3, 0.4) is 0 Å². The summed E-state index contributed by atoms with van der Waals surface area (Å²) in [7, 11) is 0. The van der Waals surface area contributed by atoms with E-state index in [1.165, 1.54) is 6.07 Å². The summed E-state index contributed by atoms with van der Waals surface area (Å²) in [6.07, 6.45) is -2.73. The molecule has 0 spiro atoms. The van der Waals surface area contributed by atoms with E-state index < -0.39 is 17.9 Å². The number of pyridine rings is 1. The smallest absolute Gasteiger partial charge is 0.280 e. The largest absolute Gasteiger partial charge is 0.323 e. The van der Waals surface area contributed by atoms with Gasteiger partial charge in [0.1, 0.15) is 11.5 Å². The van der Waals surface area contributed by atoms with Gasteiger partial charge in [-0.2, -0.15) is 0 Å². The second kappa shape index (κ2) is 4.21. The van der Waals surface area contributed by atoms with E-state index in [-0.39, 0.29) is 5.52 Å². The molecule has 1 heterocycles. The SMILES string of the molecule is Cc1cc(F)cc2nc(C(F)F)cc(NN)c12. The Morgan fingerprint density at radius 1 is 1.29 bits per heavy atom. The lowest BCUT2D eigenvalue weighted by Crippen LogP contribution is -2.09. The maximum absolute atomic E-state index is 13.2. The Morgan fingerprint density at radius 3 is 2.59 bits per heavy atom. The number of anilines is 1. The summed E-state index contributed by atoms with van der Waals surface area (Å²) < 4.78 is 38.4. The zero-order chi connectivity index (χ0) is 12.6. The van der Waals surface area contributed by atoms with Crippen molar-refractivity contribution in [1.82, 2.24) is 4.98 Å². The molecule has 0 aliphatic carbocycles. The van der Waals surface area contributed by atoms with E-state index >= 15 is 0 Å². The first-order chi connectivity index (χ1) is 8.02. The molecule has 0 bridgehead atoms. The lowest BCUT2D eigenvalue weighted by atomic mass is 10.1. The minimum absolute atomic E-state index is 0.160. The van der Waals surface area contributed by atoms with Crippen molar-refractivity contribution in [2.24, 2.45) is 5.84 Å². The normalized spacial score (nSPS) is 11.2. The fourth-order valence-corrected chi connectivity index (χ4v) is 1.78. The molecule has 0 aliphatic rings. The number of benzene rings is 1. The topological polar surface area (TPSA) is 50.9 Å². The molecule has 0 aliphatic heterocycles. The van der Waals surface area contributed by atoms with Crippen LogP contribution in [0.15, 0.2) is 18.2 Å². The van der Waals surface area contributed by atoms with Crippen LogP contribution in [0, 0.1) is 12.7 Å². The van der Waals surface area contributed by atoms with Gasteiger partial charge in [0.2, 0.25) is 0 Å². The number of hydrogen-bond acceptors (Lipinski definition) is 3. The highest BCUT2D eigenvalue weighted by Gasteiger charge is 2.14. The third-order valence-corrected chi connectivity index (χ3v) is 2.47. The Kier molecular flexibility index (Phi) is 2.89. The number of nitrogens with zero attached hydrogens (tertiary/aromatic N) is 1. The number of nitrogens with two attached hydrogens (primary N) is 1. The predicted octanol–water partition coefficient (Wildman–Crippen LogP) is 2.91. The van der Waals surface area contributed by atoms with Crippen LogP contribution in [0.2, 0.25) is 0 Å². The molecule has 1 aromatic carbocycles. The number of halogens is 3. The number of rotatable bonds is 2. The molecule has 2 rings (SSSR count). The first kappa shape index (κ1) is 11.7. The van der Waals surface area contributed by atoms with Crippen molar-refractivity contribution < 1.29 is 13.2 Å². The zero-order valence-corrected chi connectivity index (χ0v) is 8.97. The molecule has 1 aromatic heterocycles. The summed E-state index contributed by atoms with van der Waals surface area (Å²) >= 11 is 0. The van der Waals surface area contributed by atoms with E-state index in [0.717, 1.165) is 12.1 Å². The minimum atomic E-state index is -2.73. The summed E-state index contributed by atoms with van der Waals surface area (Å²) in [6, 6.07) is 3.57. The van der Waals surface area contributed by atoms with Crippen LogP contribution in [0.4, 0.5) is 18.9 Å². The van der Waals surface area contributed by atoms with Crippen molar-refractivity contribution in [3.05, 3.63) is 35.3 Å². The van der Waals surface area contributed by atoms with Gasteiger partial charge < -0.3 is 5.43 Å². The van der Waals surface area contributed by atoms with Crippen LogP contribution in [0.5, 0.6) is 0 Å². The van der Waals surface area contributed by atoms with Crippen molar-refractivity contribution in [3.8, 4) is 0 Å². The molecule has 0 amide bonds. The monoisotopic (exact) mass is 241 g/mol. The van der Waals surface area contributed by atoms with Crippen molar-refractivity contribution in [3.63, 3.8) is 0 Å². The van der Waals surface area contributed by atoms with Gasteiger partial charge in [-0.3, -0.25) is 5.84 Å². The molecule has 3 N–H and O–H groups in total. The van der Waals surface area contributed by atoms with Gasteiger partial charge in [-0.1, -0.05) is 0 Å². The first-order valence-electron chi connectivity index (χ1n) is 4.88. The molecule has 0 unspecified atom stereocenters. The Balaban J connectivity index is 2.82. The van der Waals surface area contributed by atoms with Crippen molar-refractivity contribution in [2.45, 2.75) is 13.3 Å². The van der Waals surface area contributed by atoms with E-state index in [1.54, 1.807) is 6.92 Å². The molecule has 3 nitrogen and oxygen atoms in total. The van der Waals surface area contributed by atoms with E-state index in [9.17, 15) is 13.2 Å². The maximum Gasteiger partial charge on any atom is 0.280 e. The number of hydrazine groups is 1. The summed E-state index contributed by atoms with van der Waals surface area (Å²) in [5, 5.41) is 0.540. The summed E-state index contributed by atoms with van der Waals surface area (Å²) in [6.45, 7) is 1.66. The molecular weight excluding hydrogens is 231 g/mol. The summed E-state index contributed by atoms with van der Waals surface area (Å²) in [5.41, 5.74) is 2.95. The third kappa shape index (κ3) is 2.03. The molecule has 2 aromatic rings. The van der Waals surface area contributed by atoms with Gasteiger partial charge in [0.15, 0.2) is 0 Å². The van der Waals surface area contributed by atoms with Gasteiger partial charge >= 0.3 is 0 Å². The Bertz CT molecular complexity index is 569. The molecular formula is C11H10F3N3. The van der Waals surface area contributed by atoms with Gasteiger partial charge in [-0.05, 0) is 24.6 Å². The van der Waals surface area contributed by atoms with Crippen LogP contribution in [0.1, 0.15) is 17.7 Å². The summed E-state index contributed by atoms with van der Waals surface area (Å²) in [4.78, 5) is 3.72. The highest BCUT2D eigenvalue weighted by molar-refractivity contribution is 5.94. The summed E-state index contributed by atoms with van der Waals surface area (Å²) in [5.74, 6) is 4.76. The lowest BCUT2D eigenvalue weighted by Gasteiger charge is -2.10.